The van der Waals surface area contributed by atoms with Crippen LogP contribution >= 0.6 is 0 Å². The number of nitrogens with one attached hydrogen (secondary N) is 1. The minimum atomic E-state index is -0.856. The first-order valence-corrected chi connectivity index (χ1v) is 29.2. The van der Waals surface area contributed by atoms with Gasteiger partial charge < -0.3 is 34.1 Å². The fourth-order valence-corrected chi connectivity index (χ4v) is 11.6. The van der Waals surface area contributed by atoms with Crippen LogP contribution in [0.1, 0.15) is 182 Å². The summed E-state index contributed by atoms with van der Waals surface area (Å²) in [5, 5.41) is 11.3. The zero-order chi connectivity index (χ0) is 58.0. The van der Waals surface area contributed by atoms with Crippen molar-refractivity contribution >= 4 is 51.8 Å². The Kier molecular flexibility index (Phi) is 23.6. The van der Waals surface area contributed by atoms with Gasteiger partial charge in [-0.2, -0.15) is 4.98 Å². The number of benzene rings is 2. The van der Waals surface area contributed by atoms with Crippen LogP contribution < -0.4 is 10.6 Å². The number of nitrogens with zero attached hydrogens (tertiary/aromatic N) is 5. The molecule has 80 heavy (non-hydrogen) atoms. The van der Waals surface area contributed by atoms with Gasteiger partial charge in [-0.3, -0.25) is 29.1 Å². The number of carbonyl (C=O) groups excluding carboxylic acids is 4. The second-order valence-electron chi connectivity index (χ2n) is 23.1. The Morgan fingerprint density at radius 1 is 0.925 bits per heavy atom. The van der Waals surface area contributed by atoms with Crippen molar-refractivity contribution in [1.82, 2.24) is 24.8 Å². The van der Waals surface area contributed by atoms with Gasteiger partial charge in [-0.1, -0.05) is 117 Å². The molecule has 2 aromatic carbocycles. The van der Waals surface area contributed by atoms with Gasteiger partial charge >= 0.3 is 17.6 Å². The van der Waals surface area contributed by atoms with Gasteiger partial charge in [0.05, 0.1) is 16.5 Å². The number of phenols is 1. The van der Waals surface area contributed by atoms with Crippen LogP contribution in [0, 0.1) is 29.4 Å². The van der Waals surface area contributed by atoms with E-state index in [0.717, 1.165) is 70.8 Å². The summed E-state index contributed by atoms with van der Waals surface area (Å²) in [6, 6.07) is 5.24. The van der Waals surface area contributed by atoms with E-state index in [4.69, 9.17) is 20.6 Å². The molecule has 4 fully saturated rings. The number of H-pyrrole nitrogens is 1. The molecule has 2 unspecified atom stereocenters. The molecule has 2 N–H and O–H groups in total. The Hall–Kier alpha value is -6.22. The maximum absolute atomic E-state index is 16.2. The highest BCUT2D eigenvalue weighted by Crippen LogP contribution is 2.41. The Morgan fingerprint density at radius 3 is 2.11 bits per heavy atom. The average Bonchev–Trinajstić information content (AvgIpc) is 4.18. The van der Waals surface area contributed by atoms with E-state index >= 15 is 4.39 Å². The molecule has 15 nitrogen and oxygen atoms in total. The number of aromatic hydroxyl groups is 1. The van der Waals surface area contributed by atoms with Crippen LogP contribution in [0.3, 0.4) is 0 Å². The third-order valence-electron chi connectivity index (χ3n) is 16.4. The number of phenolic OH excluding ortho intramolecular Hbond substituents is 1. The van der Waals surface area contributed by atoms with E-state index in [-0.39, 0.29) is 94.0 Å². The van der Waals surface area contributed by atoms with Crippen LogP contribution in [-0.2, 0) is 33.4 Å². The standard InChI is InChI=1S/C32H31F2N5O3.C22H40O6.C8H14FN/c1-5-21-24(33)10-7-17-11-20(40)12-22(26(17)21)28-27(34)29-23(14-35-28)30(37-31(42)36-29)38-15-18-8-9-19(16-38)39(18)25(41)13-32(3,4)6-2;1-3-5-7-9-11-13-15-21(24)26-17-20(28-19-23)18-27-22(25)16-14-12-10-8-6-4-2;1-8-3-2-4-10(8)6-7(9)5-8/h1,7,10-12,14,18-19,40H,6,8-9,13,15-16H2,2-4H3,(H,36,37,42);19-20H,3-18H2,1-2H3;7H,2-6H2,1H3/t;;7-,8+/m..1/s1. The first-order chi connectivity index (χ1) is 38.3. The van der Waals surface area contributed by atoms with Gasteiger partial charge in [0.15, 0.2) is 11.9 Å². The topological polar surface area (TPSA) is 185 Å². The summed E-state index contributed by atoms with van der Waals surface area (Å²) in [6.07, 6.45) is 25.9. The number of hydrogen-bond donors (Lipinski definition) is 2. The van der Waals surface area contributed by atoms with Gasteiger partial charge in [0.1, 0.15) is 42.5 Å². The van der Waals surface area contributed by atoms with Gasteiger partial charge in [-0.15, -0.1) is 6.42 Å². The summed E-state index contributed by atoms with van der Waals surface area (Å²) in [6.45, 7) is 15.6. The number of ether oxygens (including phenoxy) is 3. The largest absolute Gasteiger partial charge is 0.508 e. The lowest BCUT2D eigenvalue weighted by Crippen LogP contribution is -2.56. The van der Waals surface area contributed by atoms with E-state index in [9.17, 15) is 37.9 Å². The van der Waals surface area contributed by atoms with Crippen molar-refractivity contribution in [3.63, 3.8) is 0 Å². The molecule has 438 valence electrons. The number of amides is 1. The zero-order valence-electron chi connectivity index (χ0n) is 48.0. The summed E-state index contributed by atoms with van der Waals surface area (Å²) in [7, 11) is 0. The monoisotopic (exact) mass is 1110 g/mol. The first kappa shape index (κ1) is 63.0. The molecule has 4 atom stereocenters. The number of fused-ring (bicyclic) bond motifs is 5. The van der Waals surface area contributed by atoms with Crippen LogP contribution in [0.4, 0.5) is 19.0 Å². The molecule has 4 aliphatic rings. The smallest absolute Gasteiger partial charge is 0.347 e. The molecule has 4 saturated heterocycles. The number of carbonyl (C=O) groups is 4. The third kappa shape index (κ3) is 16.9. The number of aromatic nitrogens is 3. The summed E-state index contributed by atoms with van der Waals surface area (Å²) >= 11 is 0. The van der Waals surface area contributed by atoms with Gasteiger partial charge in [0.2, 0.25) is 5.91 Å². The van der Waals surface area contributed by atoms with Crippen molar-refractivity contribution in [1.29, 1.82) is 0 Å². The normalized spacial score (nSPS) is 19.5. The molecular weight excluding hydrogens is 1030 g/mol. The SMILES string of the molecule is C#Cc1c(F)ccc2cc(O)cc(-c3ncc4c(N5CC6CCC(C5)N6C(=O)CC(C)(C)CC)nc(=O)[nH]c4c3F)c12.CCCCCCCCC(=O)OCC(COC(=O)CCCCCCCC)OC=O.C[C@@]12CCCN1C[C@H](F)C2. The Balaban J connectivity index is 0.000000232. The Bertz CT molecular complexity index is 2790. The fourth-order valence-electron chi connectivity index (χ4n) is 11.6. The van der Waals surface area contributed by atoms with Crippen molar-refractivity contribution < 1.29 is 51.7 Å². The lowest BCUT2D eigenvalue weighted by atomic mass is 9.85. The highest BCUT2D eigenvalue weighted by molar-refractivity contribution is 6.03. The lowest BCUT2D eigenvalue weighted by Gasteiger charge is -2.42. The second kappa shape index (κ2) is 30.0. The van der Waals surface area contributed by atoms with Gasteiger partial charge in [-0.05, 0) is 87.4 Å². The van der Waals surface area contributed by atoms with Crippen molar-refractivity contribution in [2.45, 2.75) is 206 Å². The fraction of sp³-hybridized carbons (Fsp3) is 0.629. The number of aromatic amines is 1. The summed E-state index contributed by atoms with van der Waals surface area (Å²) < 4.78 is 58.8. The quantitative estimate of drug-likeness (QED) is 0.0210. The van der Waals surface area contributed by atoms with Crippen LogP contribution in [0.15, 0.2) is 35.3 Å². The molecule has 0 aliphatic carbocycles. The summed E-state index contributed by atoms with van der Waals surface area (Å²) in [5.74, 6) is 0.425. The van der Waals surface area contributed by atoms with Crippen molar-refractivity contribution in [2.75, 3.05) is 44.3 Å². The lowest BCUT2D eigenvalue weighted by molar-refractivity contribution is -0.159. The van der Waals surface area contributed by atoms with Gasteiger partial charge in [0.25, 0.3) is 6.47 Å². The van der Waals surface area contributed by atoms with Crippen LogP contribution in [0.25, 0.3) is 32.9 Å². The van der Waals surface area contributed by atoms with E-state index in [1.807, 2.05) is 9.80 Å². The Morgan fingerprint density at radius 2 is 1.54 bits per heavy atom. The number of terminal acetylenes is 1. The molecule has 0 radical (unpaired) electrons. The predicted octanol–water partition coefficient (Wildman–Crippen LogP) is 11.8. The van der Waals surface area contributed by atoms with E-state index in [1.165, 1.54) is 81.8 Å². The minimum absolute atomic E-state index is 0.0344. The molecular formula is C62H85F3N6O9. The predicted molar refractivity (Wildman–Crippen MR) is 305 cm³/mol. The van der Waals surface area contributed by atoms with Crippen LogP contribution in [0.5, 0.6) is 5.75 Å². The number of anilines is 1. The van der Waals surface area contributed by atoms with E-state index < -0.39 is 29.6 Å². The maximum atomic E-state index is 16.2. The van der Waals surface area contributed by atoms with Crippen LogP contribution in [-0.4, -0.2) is 123 Å². The van der Waals surface area contributed by atoms with Crippen molar-refractivity contribution in [2.24, 2.45) is 5.41 Å². The van der Waals surface area contributed by atoms with E-state index in [0.29, 0.717) is 55.5 Å². The summed E-state index contributed by atoms with van der Waals surface area (Å²) in [4.78, 5) is 77.4. The molecule has 6 heterocycles. The molecule has 4 aromatic rings. The zero-order valence-corrected chi connectivity index (χ0v) is 48.0. The number of pyridine rings is 1. The molecule has 2 aromatic heterocycles. The van der Waals surface area contributed by atoms with E-state index in [2.05, 4.69) is 67.3 Å². The first-order valence-electron chi connectivity index (χ1n) is 29.2. The maximum Gasteiger partial charge on any atom is 0.347 e. The number of esters is 2. The molecule has 0 saturated carbocycles. The summed E-state index contributed by atoms with van der Waals surface area (Å²) in [5.41, 5.74) is -0.895. The number of hydrogen-bond acceptors (Lipinski definition) is 13. The minimum Gasteiger partial charge on any atom is -0.508 e. The highest BCUT2D eigenvalue weighted by atomic mass is 19.1. The number of halogens is 3. The highest BCUT2D eigenvalue weighted by Gasteiger charge is 2.45. The molecule has 2 bridgehead atoms. The Labute approximate surface area is 470 Å². The number of alkyl halides is 1. The third-order valence-corrected chi connectivity index (χ3v) is 16.4. The number of rotatable bonds is 25. The molecule has 8 rings (SSSR count). The number of unbranched alkanes of at least 4 members (excludes halogenated alkanes) is 10. The van der Waals surface area contributed by atoms with Crippen molar-refractivity contribution in [3.05, 3.63) is 58.1 Å². The van der Waals surface area contributed by atoms with E-state index in [1.54, 1.807) is 0 Å². The van der Waals surface area contributed by atoms with Crippen LogP contribution in [0.2, 0.25) is 0 Å². The number of piperazine rings is 1. The molecule has 1 amide bonds. The van der Waals surface area contributed by atoms with Gasteiger partial charge in [0, 0.05) is 73.7 Å². The molecule has 4 aliphatic heterocycles. The molecule has 18 heteroatoms. The molecule has 0 spiro atoms. The van der Waals surface area contributed by atoms with Gasteiger partial charge in [-0.25, -0.2) is 18.0 Å². The van der Waals surface area contributed by atoms with Crippen molar-refractivity contribution in [3.8, 4) is 29.4 Å². The average molecular weight is 1120 g/mol. The second-order valence-corrected chi connectivity index (χ2v) is 23.1.